The maximum atomic E-state index is 13.2. The fraction of sp³-hybridized carbons (Fsp3) is 0.429. The number of pyridine rings is 1. The Balaban J connectivity index is 1.97. The van der Waals surface area contributed by atoms with Crippen LogP contribution in [0.15, 0.2) is 23.4 Å². The Morgan fingerprint density at radius 1 is 1.13 bits per heavy atom. The fourth-order valence-electron chi connectivity index (χ4n) is 2.86. The first-order chi connectivity index (χ1) is 11.0. The van der Waals surface area contributed by atoms with E-state index < -0.39 is 12.0 Å². The third-order valence-corrected chi connectivity index (χ3v) is 5.19. The van der Waals surface area contributed by atoms with Gasteiger partial charge in [-0.2, -0.15) is 13.2 Å². The van der Waals surface area contributed by atoms with E-state index in [1.54, 1.807) is 12.1 Å². The summed E-state index contributed by atoms with van der Waals surface area (Å²) in [5, 5.41) is 7.95. The summed E-state index contributed by atoms with van der Waals surface area (Å²) in [5.41, 5.74) is 0.654. The normalized spacial score (nSPS) is 16.7. The first-order valence-electron chi connectivity index (χ1n) is 7.28. The predicted molar refractivity (Wildman–Crippen MR) is 79.2 cm³/mol. The molecule has 1 aliphatic carbocycles. The molecular formula is C14H12F3N5S. The molecule has 1 fully saturated rings. The van der Waals surface area contributed by atoms with Gasteiger partial charge >= 0.3 is 6.18 Å². The molecule has 0 radical (unpaired) electrons. The number of fused-ring (bicyclic) bond motifs is 3. The molecule has 1 saturated carbocycles. The lowest BCUT2D eigenvalue weighted by molar-refractivity contribution is -0.145. The van der Waals surface area contributed by atoms with Crippen LogP contribution in [0, 0.1) is 0 Å². The molecule has 0 aliphatic heterocycles. The van der Waals surface area contributed by atoms with Gasteiger partial charge < -0.3 is 0 Å². The number of halogens is 3. The van der Waals surface area contributed by atoms with Gasteiger partial charge in [-0.15, -0.1) is 10.2 Å². The monoisotopic (exact) mass is 339 g/mol. The van der Waals surface area contributed by atoms with Crippen molar-refractivity contribution in [3.05, 3.63) is 24.2 Å². The molecule has 3 heterocycles. The minimum absolute atomic E-state index is 0.121. The maximum Gasteiger partial charge on any atom is 0.452 e. The second-order valence-electron chi connectivity index (χ2n) is 5.47. The van der Waals surface area contributed by atoms with E-state index in [2.05, 4.69) is 20.2 Å². The predicted octanol–water partition coefficient (Wildman–Crippen LogP) is 3.73. The maximum absolute atomic E-state index is 13.2. The van der Waals surface area contributed by atoms with Crippen LogP contribution in [0.25, 0.3) is 16.8 Å². The van der Waals surface area contributed by atoms with E-state index in [1.807, 2.05) is 0 Å². The van der Waals surface area contributed by atoms with Gasteiger partial charge in [-0.25, -0.2) is 9.97 Å². The van der Waals surface area contributed by atoms with Gasteiger partial charge in [-0.05, 0) is 25.0 Å². The van der Waals surface area contributed by atoms with E-state index in [9.17, 15) is 13.2 Å². The van der Waals surface area contributed by atoms with Crippen LogP contribution in [0.4, 0.5) is 13.2 Å². The molecule has 5 nitrogen and oxygen atoms in total. The van der Waals surface area contributed by atoms with Crippen LogP contribution in [-0.2, 0) is 6.18 Å². The Morgan fingerprint density at radius 2 is 1.91 bits per heavy atom. The minimum Gasteiger partial charge on any atom is -0.251 e. The van der Waals surface area contributed by atoms with Gasteiger partial charge in [0, 0.05) is 11.4 Å². The Kier molecular flexibility index (Phi) is 3.40. The molecule has 1 aliphatic rings. The number of thioether (sulfide) groups is 1. The topological polar surface area (TPSA) is 56.0 Å². The van der Waals surface area contributed by atoms with Gasteiger partial charge in [0.05, 0.1) is 0 Å². The smallest absolute Gasteiger partial charge is 0.251 e. The van der Waals surface area contributed by atoms with Crippen molar-refractivity contribution in [1.82, 2.24) is 24.6 Å². The molecule has 3 aromatic rings. The molecule has 23 heavy (non-hydrogen) atoms. The van der Waals surface area contributed by atoms with Crippen LogP contribution in [0.2, 0.25) is 0 Å². The summed E-state index contributed by atoms with van der Waals surface area (Å²) >= 11 is 1.49. The van der Waals surface area contributed by atoms with Crippen molar-refractivity contribution in [3.8, 4) is 0 Å². The molecule has 0 saturated heterocycles. The summed E-state index contributed by atoms with van der Waals surface area (Å²) in [4.78, 5) is 8.51. The number of hydrogen-bond acceptors (Lipinski definition) is 5. The highest BCUT2D eigenvalue weighted by molar-refractivity contribution is 8.00. The minimum atomic E-state index is -4.60. The van der Waals surface area contributed by atoms with Crippen LogP contribution in [0.5, 0.6) is 0 Å². The Hall–Kier alpha value is -1.90. The summed E-state index contributed by atoms with van der Waals surface area (Å²) in [6, 6.07) is 3.31. The largest absolute Gasteiger partial charge is 0.452 e. The van der Waals surface area contributed by atoms with E-state index in [-0.39, 0.29) is 11.3 Å². The van der Waals surface area contributed by atoms with E-state index in [1.165, 1.54) is 18.0 Å². The van der Waals surface area contributed by atoms with Gasteiger partial charge in [0.1, 0.15) is 10.5 Å². The fourth-order valence-corrected chi connectivity index (χ4v) is 4.13. The van der Waals surface area contributed by atoms with E-state index >= 15 is 0 Å². The third kappa shape index (κ3) is 2.52. The number of hydrogen-bond donors (Lipinski definition) is 0. The summed E-state index contributed by atoms with van der Waals surface area (Å²) in [7, 11) is 0. The lowest BCUT2D eigenvalue weighted by Crippen LogP contribution is -2.12. The van der Waals surface area contributed by atoms with Crippen molar-refractivity contribution >= 4 is 28.6 Å². The van der Waals surface area contributed by atoms with Crippen molar-refractivity contribution in [3.63, 3.8) is 0 Å². The van der Waals surface area contributed by atoms with E-state index in [0.29, 0.717) is 15.8 Å². The van der Waals surface area contributed by atoms with Crippen LogP contribution in [0.1, 0.15) is 31.5 Å². The molecule has 120 valence electrons. The van der Waals surface area contributed by atoms with Gasteiger partial charge in [-0.1, -0.05) is 24.6 Å². The molecule has 0 aromatic carbocycles. The Labute approximate surface area is 133 Å². The first-order valence-corrected chi connectivity index (χ1v) is 8.16. The number of nitrogens with zero attached hydrogens (tertiary/aromatic N) is 5. The van der Waals surface area contributed by atoms with Crippen LogP contribution in [-0.4, -0.2) is 29.8 Å². The van der Waals surface area contributed by atoms with Crippen molar-refractivity contribution in [2.45, 2.75) is 42.1 Å². The molecule has 0 bridgehead atoms. The van der Waals surface area contributed by atoms with E-state index in [4.69, 9.17) is 0 Å². The lowest BCUT2D eigenvalue weighted by Gasteiger charge is -2.11. The Morgan fingerprint density at radius 3 is 2.65 bits per heavy atom. The highest BCUT2D eigenvalue weighted by Crippen LogP contribution is 2.37. The zero-order valence-corrected chi connectivity index (χ0v) is 12.7. The molecule has 0 spiro atoms. The highest BCUT2D eigenvalue weighted by atomic mass is 32.2. The van der Waals surface area contributed by atoms with Crippen molar-refractivity contribution in [2.24, 2.45) is 0 Å². The van der Waals surface area contributed by atoms with Crippen molar-refractivity contribution in [1.29, 1.82) is 0 Å². The van der Waals surface area contributed by atoms with Gasteiger partial charge in [0.25, 0.3) is 0 Å². The quantitative estimate of drug-likeness (QED) is 0.712. The van der Waals surface area contributed by atoms with Crippen LogP contribution >= 0.6 is 11.8 Å². The Bertz CT molecular complexity index is 870. The molecule has 4 rings (SSSR count). The highest BCUT2D eigenvalue weighted by Gasteiger charge is 2.38. The lowest BCUT2D eigenvalue weighted by atomic mass is 10.4. The summed E-state index contributed by atoms with van der Waals surface area (Å²) in [6.45, 7) is 0. The molecule has 0 unspecified atom stereocenters. The molecular weight excluding hydrogens is 327 g/mol. The molecule has 0 atom stereocenters. The van der Waals surface area contributed by atoms with Gasteiger partial charge in [-0.3, -0.25) is 4.40 Å². The summed E-state index contributed by atoms with van der Waals surface area (Å²) in [6.07, 6.45) is 1.22. The average molecular weight is 339 g/mol. The van der Waals surface area contributed by atoms with Gasteiger partial charge in [0.2, 0.25) is 5.82 Å². The zero-order chi connectivity index (χ0) is 16.0. The van der Waals surface area contributed by atoms with Crippen LogP contribution < -0.4 is 0 Å². The first kappa shape index (κ1) is 14.7. The number of alkyl halides is 3. The van der Waals surface area contributed by atoms with Gasteiger partial charge in [0.15, 0.2) is 11.3 Å². The van der Waals surface area contributed by atoms with Crippen molar-refractivity contribution < 1.29 is 13.2 Å². The van der Waals surface area contributed by atoms with Crippen LogP contribution in [0.3, 0.4) is 0 Å². The average Bonchev–Trinajstić information content (AvgIpc) is 3.15. The number of rotatable bonds is 2. The SMILES string of the molecule is FC(F)(F)c1nnc2c(SC3CCCC3)nc3cccnc3n12. The molecule has 0 amide bonds. The van der Waals surface area contributed by atoms with E-state index in [0.717, 1.165) is 30.1 Å². The third-order valence-electron chi connectivity index (χ3n) is 3.89. The second kappa shape index (κ2) is 5.33. The molecule has 9 heteroatoms. The molecule has 3 aromatic heterocycles. The van der Waals surface area contributed by atoms with Crippen molar-refractivity contribution in [2.75, 3.05) is 0 Å². The molecule has 0 N–H and O–H groups in total. The second-order valence-corrected chi connectivity index (χ2v) is 6.76. The zero-order valence-electron chi connectivity index (χ0n) is 11.9. The number of aromatic nitrogens is 5. The standard InChI is InChI=1S/C14H12F3N5S/c15-14(16,17)13-21-20-11-12(23-8-4-1-2-5-8)19-9-6-3-7-18-10(9)22(11)13/h3,6-8H,1-2,4-5H2. The summed E-state index contributed by atoms with van der Waals surface area (Å²) < 4.78 is 40.7. The summed E-state index contributed by atoms with van der Waals surface area (Å²) in [5.74, 6) is -1.06.